The molecular weight excluding hydrogens is 394 g/mol. The van der Waals surface area contributed by atoms with Crippen LogP contribution in [0.2, 0.25) is 0 Å². The summed E-state index contributed by atoms with van der Waals surface area (Å²) >= 11 is 0. The lowest BCUT2D eigenvalue weighted by Gasteiger charge is -2.30. The summed E-state index contributed by atoms with van der Waals surface area (Å²) in [5.74, 6) is 0.743. The molecule has 1 aromatic rings. The lowest BCUT2D eigenvalue weighted by molar-refractivity contribution is -0.132. The normalized spacial score (nSPS) is 26.2. The fraction of sp³-hybridized carbons (Fsp3) is 0.600. The maximum Gasteiger partial charge on any atom is 0.326 e. The molecule has 8 nitrogen and oxygen atoms in total. The second-order valence-corrected chi connectivity index (χ2v) is 10.2. The Morgan fingerprint density at radius 1 is 1.28 bits per heavy atom. The van der Waals surface area contributed by atoms with Crippen molar-refractivity contribution in [2.24, 2.45) is 0 Å². The van der Waals surface area contributed by atoms with Crippen LogP contribution in [0.15, 0.2) is 24.3 Å². The quantitative estimate of drug-likeness (QED) is 0.635. The first-order chi connectivity index (χ1) is 13.7. The number of hydrogen-bond donors (Lipinski definition) is 1. The van der Waals surface area contributed by atoms with Gasteiger partial charge in [0.15, 0.2) is 9.84 Å². The van der Waals surface area contributed by atoms with E-state index >= 15 is 0 Å². The van der Waals surface area contributed by atoms with Gasteiger partial charge >= 0.3 is 6.03 Å². The first-order valence-electron chi connectivity index (χ1n) is 9.89. The zero-order chi connectivity index (χ0) is 21.2. The van der Waals surface area contributed by atoms with Crippen LogP contribution in [0.5, 0.6) is 5.75 Å². The average molecular weight is 424 g/mol. The molecule has 29 heavy (non-hydrogen) atoms. The maximum atomic E-state index is 13.0. The van der Waals surface area contributed by atoms with E-state index in [2.05, 4.69) is 5.32 Å². The zero-order valence-corrected chi connectivity index (χ0v) is 18.0. The molecule has 3 amide bonds. The van der Waals surface area contributed by atoms with E-state index in [4.69, 9.17) is 4.74 Å². The lowest BCUT2D eigenvalue weighted by Crippen LogP contribution is -2.48. The largest absolute Gasteiger partial charge is 0.497 e. The van der Waals surface area contributed by atoms with E-state index in [0.29, 0.717) is 25.8 Å². The van der Waals surface area contributed by atoms with E-state index in [1.807, 2.05) is 36.1 Å². The number of imide groups is 1. The van der Waals surface area contributed by atoms with Gasteiger partial charge in [-0.2, -0.15) is 0 Å². The van der Waals surface area contributed by atoms with Crippen LogP contribution in [0, 0.1) is 0 Å². The van der Waals surface area contributed by atoms with Crippen molar-refractivity contribution in [3.8, 4) is 5.75 Å². The molecule has 2 heterocycles. The molecule has 2 aliphatic heterocycles. The second kappa shape index (κ2) is 8.31. The van der Waals surface area contributed by atoms with Crippen LogP contribution in [0.4, 0.5) is 4.79 Å². The molecule has 2 saturated heterocycles. The molecule has 0 bridgehead atoms. The van der Waals surface area contributed by atoms with Gasteiger partial charge in [0.2, 0.25) is 0 Å². The summed E-state index contributed by atoms with van der Waals surface area (Å²) < 4.78 is 28.7. The van der Waals surface area contributed by atoms with Crippen LogP contribution in [-0.4, -0.2) is 73.6 Å². The fourth-order valence-corrected chi connectivity index (χ4v) is 5.71. The van der Waals surface area contributed by atoms with E-state index in [1.165, 1.54) is 4.90 Å². The predicted molar refractivity (Wildman–Crippen MR) is 109 cm³/mol. The summed E-state index contributed by atoms with van der Waals surface area (Å²) in [5, 5.41) is 2.83. The second-order valence-electron chi connectivity index (χ2n) is 7.95. The van der Waals surface area contributed by atoms with Gasteiger partial charge in [-0.25, -0.2) is 18.1 Å². The predicted octanol–water partition coefficient (Wildman–Crippen LogP) is 1.40. The molecule has 0 radical (unpaired) electrons. The van der Waals surface area contributed by atoms with Crippen LogP contribution < -0.4 is 10.1 Å². The molecule has 0 aliphatic carbocycles. The molecule has 2 fully saturated rings. The van der Waals surface area contributed by atoms with Crippen LogP contribution in [-0.2, 0) is 21.1 Å². The Hall–Kier alpha value is -2.13. The lowest BCUT2D eigenvalue weighted by atomic mass is 9.93. The highest BCUT2D eigenvalue weighted by Crippen LogP contribution is 2.26. The maximum absolute atomic E-state index is 13.0. The number of carbonyl (C=O) groups excluding carboxylic acids is 2. The number of nitrogens with one attached hydrogen (secondary N) is 1. The van der Waals surface area contributed by atoms with Gasteiger partial charge < -0.3 is 10.1 Å². The van der Waals surface area contributed by atoms with E-state index in [0.717, 1.165) is 11.3 Å². The number of ether oxygens (including phenoxy) is 1. The van der Waals surface area contributed by atoms with Gasteiger partial charge in [-0.15, -0.1) is 0 Å². The van der Waals surface area contributed by atoms with E-state index in [1.54, 1.807) is 14.0 Å². The Balaban J connectivity index is 1.64. The number of amides is 3. The summed E-state index contributed by atoms with van der Waals surface area (Å²) in [6.07, 6.45) is 1.65. The Morgan fingerprint density at radius 3 is 2.52 bits per heavy atom. The van der Waals surface area contributed by atoms with Crippen molar-refractivity contribution in [3.63, 3.8) is 0 Å². The highest BCUT2D eigenvalue weighted by molar-refractivity contribution is 7.91. The molecule has 160 valence electrons. The number of aryl methyl sites for hydroxylation is 1. The van der Waals surface area contributed by atoms with Gasteiger partial charge in [0, 0.05) is 6.04 Å². The summed E-state index contributed by atoms with van der Waals surface area (Å²) in [6.45, 7) is 4.33. The van der Waals surface area contributed by atoms with Gasteiger partial charge in [0.1, 0.15) is 11.3 Å². The number of urea groups is 1. The van der Waals surface area contributed by atoms with Gasteiger partial charge in [0.05, 0.1) is 25.3 Å². The van der Waals surface area contributed by atoms with Gasteiger partial charge in [-0.05, 0) is 50.4 Å². The molecule has 0 spiro atoms. The summed E-state index contributed by atoms with van der Waals surface area (Å²) in [5.41, 5.74) is 0.0805. The van der Waals surface area contributed by atoms with E-state index in [9.17, 15) is 18.0 Å². The van der Waals surface area contributed by atoms with Crippen molar-refractivity contribution < 1.29 is 22.7 Å². The molecule has 9 heteroatoms. The third-order valence-corrected chi connectivity index (χ3v) is 7.62. The van der Waals surface area contributed by atoms with Crippen molar-refractivity contribution in [1.82, 2.24) is 15.1 Å². The summed E-state index contributed by atoms with van der Waals surface area (Å²) in [7, 11) is -1.42. The number of rotatable bonds is 8. The van der Waals surface area contributed by atoms with Gasteiger partial charge in [-0.3, -0.25) is 9.69 Å². The SMILES string of the molecule is CCN(CN1C(=O)N[C@@](C)(CCc2ccc(OC)cc2)C1=O)[C@@H]1CCS(=O)(=O)C1. The third kappa shape index (κ3) is 4.72. The molecule has 2 aliphatic rings. The van der Waals surface area contributed by atoms with E-state index < -0.39 is 21.4 Å². The zero-order valence-electron chi connectivity index (χ0n) is 17.2. The van der Waals surface area contributed by atoms with Gasteiger partial charge in [0.25, 0.3) is 5.91 Å². The Kier molecular flexibility index (Phi) is 6.19. The van der Waals surface area contributed by atoms with Crippen LogP contribution in [0.1, 0.15) is 32.3 Å². The van der Waals surface area contributed by atoms with Crippen molar-refractivity contribution in [2.45, 2.75) is 44.7 Å². The minimum atomic E-state index is -3.03. The van der Waals surface area contributed by atoms with Crippen molar-refractivity contribution in [1.29, 1.82) is 0 Å². The molecule has 1 aromatic carbocycles. The van der Waals surface area contributed by atoms with Crippen LogP contribution in [0.3, 0.4) is 0 Å². The standard InChI is InChI=1S/C20H29N3O5S/c1-4-22(16-10-12-29(26,27)13-16)14-23-18(24)20(2,21-19(23)25)11-9-15-5-7-17(28-3)8-6-15/h5-8,16H,4,9-14H2,1-3H3,(H,21,25)/t16-,20+/m1/s1. The molecular formula is C20H29N3O5S. The minimum Gasteiger partial charge on any atom is -0.497 e. The average Bonchev–Trinajstić information content (AvgIpc) is 3.15. The first-order valence-corrected chi connectivity index (χ1v) is 11.7. The molecule has 3 rings (SSSR count). The molecule has 0 saturated carbocycles. The Morgan fingerprint density at radius 2 is 1.97 bits per heavy atom. The van der Waals surface area contributed by atoms with Crippen molar-refractivity contribution in [2.75, 3.05) is 31.8 Å². The highest BCUT2D eigenvalue weighted by atomic mass is 32.2. The number of carbonyl (C=O) groups is 2. The minimum absolute atomic E-state index is 0.0826. The Bertz CT molecular complexity index is 871. The highest BCUT2D eigenvalue weighted by Gasteiger charge is 2.48. The number of benzene rings is 1. The monoisotopic (exact) mass is 423 g/mol. The number of nitrogens with zero attached hydrogens (tertiary/aromatic N) is 2. The fourth-order valence-electron chi connectivity index (χ4n) is 3.95. The van der Waals surface area contributed by atoms with Crippen LogP contribution in [0.25, 0.3) is 0 Å². The topological polar surface area (TPSA) is 96.0 Å². The number of methoxy groups -OCH3 is 1. The molecule has 0 unspecified atom stereocenters. The number of hydrogen-bond acceptors (Lipinski definition) is 6. The molecule has 0 aromatic heterocycles. The summed E-state index contributed by atoms with van der Waals surface area (Å²) in [4.78, 5) is 28.7. The van der Waals surface area contributed by atoms with Crippen molar-refractivity contribution in [3.05, 3.63) is 29.8 Å². The first kappa shape index (κ1) is 21.6. The molecule has 1 N–H and O–H groups in total. The van der Waals surface area contributed by atoms with E-state index in [-0.39, 0.29) is 30.1 Å². The van der Waals surface area contributed by atoms with Crippen molar-refractivity contribution >= 4 is 21.8 Å². The molecule has 2 atom stereocenters. The Labute approximate surface area is 172 Å². The smallest absolute Gasteiger partial charge is 0.326 e. The summed E-state index contributed by atoms with van der Waals surface area (Å²) in [6, 6.07) is 7.05. The van der Waals surface area contributed by atoms with Gasteiger partial charge in [-0.1, -0.05) is 19.1 Å². The van der Waals surface area contributed by atoms with Crippen LogP contribution >= 0.6 is 0 Å². The number of sulfone groups is 1. The third-order valence-electron chi connectivity index (χ3n) is 5.87.